The van der Waals surface area contributed by atoms with Crippen LogP contribution in [-0.2, 0) is 6.42 Å². The number of benzene rings is 1. The van der Waals surface area contributed by atoms with Gasteiger partial charge in [-0.25, -0.2) is 4.39 Å². The Morgan fingerprint density at radius 1 is 1.38 bits per heavy atom. The van der Waals surface area contributed by atoms with Gasteiger partial charge in [0.2, 0.25) is 0 Å². The van der Waals surface area contributed by atoms with Crippen molar-refractivity contribution >= 4 is 27.3 Å². The standard InChI is InChI=1S/C16H19BrFNOS/c1-3-6-19-14(16-9-12(17)10-21-16)8-11-4-5-15(20-2)13(18)7-11/h4-5,7,9-10,14,19H,3,6,8H2,1-2H3. The Bertz CT molecular complexity index is 587. The third-order valence-corrected chi connectivity index (χ3v) is 5.04. The van der Waals surface area contributed by atoms with Crippen LogP contribution in [0.15, 0.2) is 34.1 Å². The van der Waals surface area contributed by atoms with Crippen LogP contribution in [0, 0.1) is 5.82 Å². The van der Waals surface area contributed by atoms with E-state index in [9.17, 15) is 4.39 Å². The molecule has 1 atom stereocenters. The highest BCUT2D eigenvalue weighted by Crippen LogP contribution is 2.29. The highest BCUT2D eigenvalue weighted by Gasteiger charge is 2.15. The summed E-state index contributed by atoms with van der Waals surface area (Å²) in [5.41, 5.74) is 0.964. The molecule has 0 spiro atoms. The summed E-state index contributed by atoms with van der Waals surface area (Å²) in [5, 5.41) is 5.61. The number of rotatable bonds is 7. The fourth-order valence-corrected chi connectivity index (χ4v) is 3.70. The summed E-state index contributed by atoms with van der Waals surface area (Å²) in [5.74, 6) is -0.0210. The van der Waals surface area contributed by atoms with E-state index in [2.05, 4.69) is 39.6 Å². The van der Waals surface area contributed by atoms with Gasteiger partial charge >= 0.3 is 0 Å². The molecule has 2 aromatic rings. The van der Waals surface area contributed by atoms with Crippen molar-refractivity contribution in [1.82, 2.24) is 5.32 Å². The van der Waals surface area contributed by atoms with Gasteiger partial charge in [0, 0.05) is 20.8 Å². The first kappa shape index (κ1) is 16.5. The molecule has 0 saturated heterocycles. The van der Waals surface area contributed by atoms with Crippen molar-refractivity contribution < 1.29 is 9.13 Å². The number of ether oxygens (including phenoxy) is 1. The molecular weight excluding hydrogens is 353 g/mol. The van der Waals surface area contributed by atoms with E-state index in [4.69, 9.17) is 4.74 Å². The summed E-state index contributed by atoms with van der Waals surface area (Å²) >= 11 is 5.20. The molecule has 1 N–H and O–H groups in total. The molecule has 0 bridgehead atoms. The van der Waals surface area contributed by atoms with Crippen molar-refractivity contribution in [1.29, 1.82) is 0 Å². The molecule has 21 heavy (non-hydrogen) atoms. The Hall–Kier alpha value is -0.910. The molecule has 0 fully saturated rings. The Balaban J connectivity index is 2.16. The van der Waals surface area contributed by atoms with E-state index in [1.54, 1.807) is 23.5 Å². The summed E-state index contributed by atoms with van der Waals surface area (Å²) in [6.45, 7) is 3.08. The van der Waals surface area contributed by atoms with Crippen molar-refractivity contribution in [2.45, 2.75) is 25.8 Å². The predicted molar refractivity (Wildman–Crippen MR) is 89.7 cm³/mol. The summed E-state index contributed by atoms with van der Waals surface area (Å²) in [4.78, 5) is 1.26. The maximum Gasteiger partial charge on any atom is 0.165 e. The van der Waals surface area contributed by atoms with Crippen LogP contribution in [0.4, 0.5) is 4.39 Å². The average molecular weight is 372 g/mol. The van der Waals surface area contributed by atoms with Crippen LogP contribution < -0.4 is 10.1 Å². The molecule has 1 heterocycles. The normalized spacial score (nSPS) is 12.4. The topological polar surface area (TPSA) is 21.3 Å². The van der Waals surface area contributed by atoms with Crippen molar-refractivity contribution in [2.75, 3.05) is 13.7 Å². The SMILES string of the molecule is CCCNC(Cc1ccc(OC)c(F)c1)c1cc(Br)cs1. The highest BCUT2D eigenvalue weighted by molar-refractivity contribution is 9.10. The quantitative estimate of drug-likeness (QED) is 0.743. The van der Waals surface area contributed by atoms with Crippen LogP contribution in [0.2, 0.25) is 0 Å². The fraction of sp³-hybridized carbons (Fsp3) is 0.375. The van der Waals surface area contributed by atoms with Crippen LogP contribution in [0.25, 0.3) is 0 Å². The van der Waals surface area contributed by atoms with E-state index in [1.807, 2.05) is 6.07 Å². The summed E-state index contributed by atoms with van der Waals surface area (Å²) < 4.78 is 19.9. The van der Waals surface area contributed by atoms with Crippen molar-refractivity contribution in [3.63, 3.8) is 0 Å². The minimum Gasteiger partial charge on any atom is -0.494 e. The molecule has 2 nitrogen and oxygen atoms in total. The first-order valence-electron chi connectivity index (χ1n) is 6.93. The zero-order valence-electron chi connectivity index (χ0n) is 12.2. The van der Waals surface area contributed by atoms with Gasteiger partial charge in [-0.15, -0.1) is 11.3 Å². The highest BCUT2D eigenvalue weighted by atomic mass is 79.9. The van der Waals surface area contributed by atoms with Gasteiger partial charge in [-0.05, 0) is 59.1 Å². The molecule has 5 heteroatoms. The molecule has 114 valence electrons. The van der Waals surface area contributed by atoms with Gasteiger partial charge in [0.1, 0.15) is 0 Å². The Kier molecular flexibility index (Phi) is 6.21. The number of thiophene rings is 1. The van der Waals surface area contributed by atoms with Gasteiger partial charge in [-0.2, -0.15) is 0 Å². The van der Waals surface area contributed by atoms with Crippen molar-refractivity contribution in [3.05, 3.63) is 50.4 Å². The molecule has 0 amide bonds. The minimum absolute atomic E-state index is 0.203. The molecule has 2 rings (SSSR count). The Morgan fingerprint density at radius 2 is 2.19 bits per heavy atom. The van der Waals surface area contributed by atoms with Gasteiger partial charge in [0.05, 0.1) is 7.11 Å². The number of nitrogens with one attached hydrogen (secondary N) is 1. The lowest BCUT2D eigenvalue weighted by molar-refractivity contribution is 0.386. The molecule has 0 radical (unpaired) electrons. The van der Waals surface area contributed by atoms with Gasteiger partial charge in [-0.1, -0.05) is 13.0 Å². The second kappa shape index (κ2) is 7.92. The van der Waals surface area contributed by atoms with Gasteiger partial charge < -0.3 is 10.1 Å². The van der Waals surface area contributed by atoms with Crippen LogP contribution in [0.5, 0.6) is 5.75 Å². The van der Waals surface area contributed by atoms with Gasteiger partial charge in [0.15, 0.2) is 11.6 Å². The molecule has 0 aliphatic carbocycles. The summed E-state index contributed by atoms with van der Waals surface area (Å²) in [7, 11) is 1.48. The summed E-state index contributed by atoms with van der Waals surface area (Å²) in [6.07, 6.45) is 1.83. The number of hydrogen-bond donors (Lipinski definition) is 1. The van der Waals surface area contributed by atoms with E-state index in [0.29, 0.717) is 0 Å². The van der Waals surface area contributed by atoms with Crippen LogP contribution in [0.1, 0.15) is 29.8 Å². The zero-order valence-corrected chi connectivity index (χ0v) is 14.6. The molecular formula is C16H19BrFNOS. The van der Waals surface area contributed by atoms with Crippen LogP contribution in [-0.4, -0.2) is 13.7 Å². The van der Waals surface area contributed by atoms with E-state index in [-0.39, 0.29) is 17.6 Å². The zero-order chi connectivity index (χ0) is 15.2. The van der Waals surface area contributed by atoms with E-state index in [0.717, 1.165) is 29.4 Å². The minimum atomic E-state index is -0.309. The Morgan fingerprint density at radius 3 is 2.76 bits per heavy atom. The second-order valence-corrected chi connectivity index (χ2v) is 6.71. The molecule has 1 aromatic heterocycles. The van der Waals surface area contributed by atoms with E-state index >= 15 is 0 Å². The average Bonchev–Trinajstić information content (AvgIpc) is 2.90. The molecule has 1 aromatic carbocycles. The Labute approximate surface area is 137 Å². The lowest BCUT2D eigenvalue weighted by atomic mass is 10.0. The first-order chi connectivity index (χ1) is 10.1. The number of halogens is 2. The predicted octanol–water partition coefficient (Wildman–Crippen LogP) is 4.94. The first-order valence-corrected chi connectivity index (χ1v) is 8.61. The lowest BCUT2D eigenvalue weighted by Crippen LogP contribution is -2.23. The third-order valence-electron chi connectivity index (χ3n) is 3.23. The monoisotopic (exact) mass is 371 g/mol. The number of methoxy groups -OCH3 is 1. The van der Waals surface area contributed by atoms with Crippen LogP contribution >= 0.6 is 27.3 Å². The maximum atomic E-state index is 13.8. The fourth-order valence-electron chi connectivity index (χ4n) is 2.18. The molecule has 0 aliphatic rings. The molecule has 0 aliphatic heterocycles. The molecule has 0 saturated carbocycles. The van der Waals surface area contributed by atoms with Crippen LogP contribution in [0.3, 0.4) is 0 Å². The van der Waals surface area contributed by atoms with Crippen molar-refractivity contribution in [3.8, 4) is 5.75 Å². The van der Waals surface area contributed by atoms with E-state index < -0.39 is 0 Å². The number of hydrogen-bond acceptors (Lipinski definition) is 3. The molecule has 1 unspecified atom stereocenters. The maximum absolute atomic E-state index is 13.8. The van der Waals surface area contributed by atoms with E-state index in [1.165, 1.54) is 12.0 Å². The third kappa shape index (κ3) is 4.53. The second-order valence-electron chi connectivity index (χ2n) is 4.85. The summed E-state index contributed by atoms with van der Waals surface area (Å²) in [6, 6.07) is 7.49. The largest absolute Gasteiger partial charge is 0.494 e. The van der Waals surface area contributed by atoms with Gasteiger partial charge in [-0.3, -0.25) is 0 Å². The van der Waals surface area contributed by atoms with Gasteiger partial charge in [0.25, 0.3) is 0 Å². The lowest BCUT2D eigenvalue weighted by Gasteiger charge is -2.17. The smallest absolute Gasteiger partial charge is 0.165 e. The van der Waals surface area contributed by atoms with Crippen molar-refractivity contribution in [2.24, 2.45) is 0 Å².